The van der Waals surface area contributed by atoms with Crippen LogP contribution >= 0.6 is 15.9 Å². The first-order valence-electron chi connectivity index (χ1n) is 9.36. The molecular weight excluding hydrogens is 487 g/mol. The smallest absolute Gasteiger partial charge is 0.417 e. The molecule has 0 aliphatic rings. The van der Waals surface area contributed by atoms with E-state index in [0.717, 1.165) is 17.0 Å². The number of ether oxygens (including phenoxy) is 1. The number of nitrogens with one attached hydrogen (secondary N) is 2. The molecule has 0 aliphatic heterocycles. The zero-order chi connectivity index (χ0) is 22.7. The molecule has 0 fully saturated rings. The van der Waals surface area contributed by atoms with Crippen molar-refractivity contribution in [1.82, 2.24) is 4.98 Å². The van der Waals surface area contributed by atoms with Gasteiger partial charge in [0.25, 0.3) is 0 Å². The number of benzene rings is 3. The summed E-state index contributed by atoms with van der Waals surface area (Å²) in [5.74, 6) is 1.19. The van der Waals surface area contributed by atoms with E-state index in [1.165, 1.54) is 12.1 Å². The number of para-hydroxylation sites is 1. The minimum Gasteiger partial charge on any atom is -0.457 e. The normalized spacial score (nSPS) is 11.2. The summed E-state index contributed by atoms with van der Waals surface area (Å²) in [5.41, 5.74) is 0.396. The van der Waals surface area contributed by atoms with Crippen LogP contribution in [0.3, 0.4) is 0 Å². The molecule has 2 N–H and O–H groups in total. The summed E-state index contributed by atoms with van der Waals surface area (Å²) in [7, 11) is 0. The minimum absolute atomic E-state index is 0.0162. The lowest BCUT2D eigenvalue weighted by molar-refractivity contribution is -0.138. The Morgan fingerprint density at radius 1 is 0.906 bits per heavy atom. The van der Waals surface area contributed by atoms with Crippen molar-refractivity contribution < 1.29 is 22.7 Å². The van der Waals surface area contributed by atoms with Crippen LogP contribution < -0.4 is 15.4 Å². The van der Waals surface area contributed by atoms with Crippen LogP contribution in [0.15, 0.2) is 83.5 Å². The van der Waals surface area contributed by atoms with Crippen LogP contribution in [0.2, 0.25) is 0 Å². The van der Waals surface area contributed by atoms with E-state index in [-0.39, 0.29) is 10.2 Å². The van der Waals surface area contributed by atoms with Crippen molar-refractivity contribution in [2.75, 3.05) is 10.6 Å². The Bertz CT molecular complexity index is 1270. The molecule has 0 radical (unpaired) electrons. The van der Waals surface area contributed by atoms with Crippen LogP contribution in [-0.4, -0.2) is 11.0 Å². The van der Waals surface area contributed by atoms with Gasteiger partial charge in [0.05, 0.1) is 11.1 Å². The molecule has 3 aromatic carbocycles. The third-order valence-corrected chi connectivity index (χ3v) is 5.17. The van der Waals surface area contributed by atoms with E-state index in [9.17, 15) is 18.0 Å². The van der Waals surface area contributed by atoms with Gasteiger partial charge in [0.2, 0.25) is 0 Å². The van der Waals surface area contributed by atoms with Gasteiger partial charge in [0, 0.05) is 27.4 Å². The van der Waals surface area contributed by atoms with Gasteiger partial charge < -0.3 is 15.4 Å². The fourth-order valence-corrected chi connectivity index (χ4v) is 3.48. The molecule has 0 atom stereocenters. The van der Waals surface area contributed by atoms with Crippen LogP contribution in [0, 0.1) is 0 Å². The monoisotopic (exact) mass is 501 g/mol. The van der Waals surface area contributed by atoms with E-state index >= 15 is 0 Å². The number of rotatable bonds is 4. The molecule has 0 bridgehead atoms. The first-order chi connectivity index (χ1) is 15.3. The lowest BCUT2D eigenvalue weighted by atomic mass is 10.2. The Balaban J connectivity index is 1.42. The molecule has 0 saturated heterocycles. The van der Waals surface area contributed by atoms with Crippen LogP contribution in [0.5, 0.6) is 11.5 Å². The van der Waals surface area contributed by atoms with Crippen molar-refractivity contribution in [3.63, 3.8) is 0 Å². The fraction of sp³-hybridized carbons (Fsp3) is 0.0435. The third kappa shape index (κ3) is 5.00. The number of hydrogen-bond donors (Lipinski definition) is 2. The van der Waals surface area contributed by atoms with Gasteiger partial charge >= 0.3 is 12.2 Å². The van der Waals surface area contributed by atoms with Gasteiger partial charge in [-0.15, -0.1) is 0 Å². The number of anilines is 2. The van der Waals surface area contributed by atoms with Gasteiger partial charge in [-0.2, -0.15) is 13.2 Å². The Labute approximate surface area is 189 Å². The van der Waals surface area contributed by atoms with E-state index < -0.39 is 17.8 Å². The number of amides is 2. The van der Waals surface area contributed by atoms with E-state index in [0.29, 0.717) is 17.2 Å². The van der Waals surface area contributed by atoms with Crippen molar-refractivity contribution in [3.8, 4) is 11.5 Å². The maximum Gasteiger partial charge on any atom is 0.417 e. The number of aromatic nitrogens is 1. The Hall–Kier alpha value is -3.59. The third-order valence-electron chi connectivity index (χ3n) is 4.48. The molecule has 2 amide bonds. The highest BCUT2D eigenvalue weighted by molar-refractivity contribution is 9.10. The number of halogens is 4. The lowest BCUT2D eigenvalue weighted by Gasteiger charge is -2.13. The van der Waals surface area contributed by atoms with Crippen molar-refractivity contribution in [3.05, 3.63) is 89.0 Å². The molecule has 0 saturated carbocycles. The second-order valence-electron chi connectivity index (χ2n) is 6.72. The first kappa shape index (κ1) is 21.6. The number of pyridine rings is 1. The number of alkyl halides is 3. The van der Waals surface area contributed by atoms with Crippen LogP contribution in [0.25, 0.3) is 10.9 Å². The number of hydrogen-bond acceptors (Lipinski definition) is 3. The average molecular weight is 502 g/mol. The summed E-state index contributed by atoms with van der Waals surface area (Å²) in [6, 6.07) is 18.7. The molecule has 4 aromatic rings. The molecule has 32 heavy (non-hydrogen) atoms. The van der Waals surface area contributed by atoms with Crippen LogP contribution in [0.1, 0.15) is 5.56 Å². The SMILES string of the molecule is O=C(Nc1ccc(Oc2ccnc3ccccc23)cc1)Nc1ccc(Br)c(C(F)(F)F)c1. The highest BCUT2D eigenvalue weighted by atomic mass is 79.9. The van der Waals surface area contributed by atoms with E-state index in [4.69, 9.17) is 4.74 Å². The fourth-order valence-electron chi connectivity index (χ4n) is 3.01. The topological polar surface area (TPSA) is 63.2 Å². The summed E-state index contributed by atoms with van der Waals surface area (Å²) in [4.78, 5) is 16.5. The van der Waals surface area contributed by atoms with Gasteiger partial charge in [0.15, 0.2) is 0 Å². The summed E-state index contributed by atoms with van der Waals surface area (Å²) < 4.78 is 44.9. The van der Waals surface area contributed by atoms with Crippen LogP contribution in [-0.2, 0) is 6.18 Å². The predicted octanol–water partition coefficient (Wildman–Crippen LogP) is 7.45. The van der Waals surface area contributed by atoms with Gasteiger partial charge in [-0.05, 0) is 60.7 Å². The summed E-state index contributed by atoms with van der Waals surface area (Å²) in [5, 5.41) is 5.84. The maximum absolute atomic E-state index is 13.0. The van der Waals surface area contributed by atoms with Crippen molar-refractivity contribution in [2.45, 2.75) is 6.18 Å². The number of carbonyl (C=O) groups excluding carboxylic acids is 1. The second-order valence-corrected chi connectivity index (χ2v) is 7.58. The van der Waals surface area contributed by atoms with Gasteiger partial charge in [-0.3, -0.25) is 4.98 Å². The quantitative estimate of drug-likeness (QED) is 0.305. The molecule has 1 heterocycles. The largest absolute Gasteiger partial charge is 0.457 e. The van der Waals surface area contributed by atoms with E-state index in [1.807, 2.05) is 24.3 Å². The van der Waals surface area contributed by atoms with Gasteiger partial charge in [-0.25, -0.2) is 4.79 Å². The predicted molar refractivity (Wildman–Crippen MR) is 120 cm³/mol. The molecule has 0 spiro atoms. The number of carbonyl (C=O) groups is 1. The first-order valence-corrected chi connectivity index (χ1v) is 10.2. The Morgan fingerprint density at radius 3 is 2.34 bits per heavy atom. The van der Waals surface area contributed by atoms with Crippen molar-refractivity contribution >= 4 is 44.2 Å². The van der Waals surface area contributed by atoms with Gasteiger partial charge in [-0.1, -0.05) is 28.1 Å². The zero-order valence-corrected chi connectivity index (χ0v) is 17.9. The van der Waals surface area contributed by atoms with Crippen molar-refractivity contribution in [2.24, 2.45) is 0 Å². The lowest BCUT2D eigenvalue weighted by Crippen LogP contribution is -2.19. The number of fused-ring (bicyclic) bond motifs is 1. The maximum atomic E-state index is 13.0. The average Bonchev–Trinajstić information content (AvgIpc) is 2.76. The molecule has 9 heteroatoms. The highest BCUT2D eigenvalue weighted by Gasteiger charge is 2.33. The zero-order valence-electron chi connectivity index (χ0n) is 16.3. The standard InChI is InChI=1S/C23H15BrF3N3O2/c24-19-10-7-15(13-18(19)23(25,26)27)30-22(31)29-14-5-8-16(9-6-14)32-21-11-12-28-20-4-2-1-3-17(20)21/h1-13H,(H2,29,30,31). The summed E-state index contributed by atoms with van der Waals surface area (Å²) >= 11 is 2.87. The Morgan fingerprint density at radius 2 is 1.59 bits per heavy atom. The molecule has 162 valence electrons. The van der Waals surface area contributed by atoms with Crippen molar-refractivity contribution in [1.29, 1.82) is 0 Å². The summed E-state index contributed by atoms with van der Waals surface area (Å²) in [6.07, 6.45) is -2.88. The molecule has 1 aromatic heterocycles. The van der Waals surface area contributed by atoms with Gasteiger partial charge in [0.1, 0.15) is 11.5 Å². The Kier molecular flexibility index (Phi) is 6.00. The highest BCUT2D eigenvalue weighted by Crippen LogP contribution is 2.36. The number of nitrogens with zero attached hydrogens (tertiary/aromatic N) is 1. The molecular formula is C23H15BrF3N3O2. The number of urea groups is 1. The summed E-state index contributed by atoms with van der Waals surface area (Å²) in [6.45, 7) is 0. The van der Waals surface area contributed by atoms with E-state index in [2.05, 4.69) is 31.5 Å². The van der Waals surface area contributed by atoms with Crippen LogP contribution in [0.4, 0.5) is 29.3 Å². The minimum atomic E-state index is -4.54. The molecule has 5 nitrogen and oxygen atoms in total. The molecule has 0 aliphatic carbocycles. The molecule has 4 rings (SSSR count). The molecule has 0 unspecified atom stereocenters. The second kappa shape index (κ2) is 8.88. The van der Waals surface area contributed by atoms with E-state index in [1.54, 1.807) is 36.5 Å².